The Kier molecular flexibility index (Phi) is 2.67. The largest absolute Gasteiger partial charge is 0.509 e. The second-order valence-corrected chi connectivity index (χ2v) is 4.50. The summed E-state index contributed by atoms with van der Waals surface area (Å²) >= 11 is 0. The summed E-state index contributed by atoms with van der Waals surface area (Å²) in [5, 5.41) is 19.4. The van der Waals surface area contributed by atoms with Gasteiger partial charge in [0.25, 0.3) is 0 Å². The second kappa shape index (κ2) is 3.82. The summed E-state index contributed by atoms with van der Waals surface area (Å²) < 4.78 is 0. The van der Waals surface area contributed by atoms with Crippen molar-refractivity contribution >= 4 is 0 Å². The third-order valence-corrected chi connectivity index (χ3v) is 2.88. The molecule has 6 nitrogen and oxygen atoms in total. The van der Waals surface area contributed by atoms with Crippen molar-refractivity contribution in [2.75, 3.05) is 0 Å². The van der Waals surface area contributed by atoms with Crippen LogP contribution in [-0.2, 0) is 0 Å². The molecule has 0 atom stereocenters. The van der Waals surface area contributed by atoms with Crippen LogP contribution in [0.15, 0.2) is 59.1 Å². The minimum Gasteiger partial charge on any atom is -0.509 e. The average Bonchev–Trinajstić information content (AvgIpc) is 2.26. The molecule has 2 aliphatic carbocycles. The van der Waals surface area contributed by atoms with Crippen LogP contribution < -0.4 is 22.9 Å². The molecular formula is C12H16N4O2. The Bertz CT molecular complexity index is 488. The molecule has 0 aromatic carbocycles. The summed E-state index contributed by atoms with van der Waals surface area (Å²) in [5.41, 5.74) is 21.0. The summed E-state index contributed by atoms with van der Waals surface area (Å²) in [6.45, 7) is 0. The van der Waals surface area contributed by atoms with Gasteiger partial charge >= 0.3 is 0 Å². The SMILES string of the molecule is NC1(N)C=CC(=C2C=CC(N)(N)C(O)=C2)C=C1O. The molecule has 0 bridgehead atoms. The molecule has 0 radical (unpaired) electrons. The number of hydrogen-bond donors (Lipinski definition) is 6. The van der Waals surface area contributed by atoms with Gasteiger partial charge in [-0.2, -0.15) is 0 Å². The van der Waals surface area contributed by atoms with Crippen molar-refractivity contribution in [1.82, 2.24) is 0 Å². The lowest BCUT2D eigenvalue weighted by Crippen LogP contribution is -2.50. The Hall–Kier alpha value is -1.86. The van der Waals surface area contributed by atoms with E-state index in [-0.39, 0.29) is 11.5 Å². The van der Waals surface area contributed by atoms with Gasteiger partial charge in [0.2, 0.25) is 0 Å². The van der Waals surface area contributed by atoms with E-state index >= 15 is 0 Å². The fraction of sp³-hybridized carbons (Fsp3) is 0.167. The fourth-order valence-electron chi connectivity index (χ4n) is 1.63. The van der Waals surface area contributed by atoms with E-state index in [1.54, 1.807) is 12.2 Å². The topological polar surface area (TPSA) is 145 Å². The third-order valence-electron chi connectivity index (χ3n) is 2.88. The molecule has 2 rings (SSSR count). The molecule has 6 heteroatoms. The maximum absolute atomic E-state index is 9.68. The zero-order valence-corrected chi connectivity index (χ0v) is 9.67. The highest BCUT2D eigenvalue weighted by Gasteiger charge is 2.27. The van der Waals surface area contributed by atoms with Crippen LogP contribution in [0, 0.1) is 0 Å². The monoisotopic (exact) mass is 248 g/mol. The van der Waals surface area contributed by atoms with Crippen LogP contribution in [0.1, 0.15) is 0 Å². The van der Waals surface area contributed by atoms with Crippen LogP contribution in [0.25, 0.3) is 0 Å². The summed E-state index contributed by atoms with van der Waals surface area (Å²) in [5.74, 6) is -0.322. The Labute approximate surface area is 104 Å². The number of aliphatic hydroxyl groups excluding tert-OH is 2. The Morgan fingerprint density at radius 1 is 0.722 bits per heavy atom. The van der Waals surface area contributed by atoms with E-state index in [1.165, 1.54) is 24.3 Å². The molecule has 0 spiro atoms. The van der Waals surface area contributed by atoms with Gasteiger partial charge in [-0.25, -0.2) is 0 Å². The number of aliphatic hydroxyl groups is 2. The van der Waals surface area contributed by atoms with Gasteiger partial charge in [0, 0.05) is 0 Å². The first kappa shape index (κ1) is 12.6. The first-order valence-corrected chi connectivity index (χ1v) is 5.33. The van der Waals surface area contributed by atoms with E-state index in [4.69, 9.17) is 22.9 Å². The molecule has 10 N–H and O–H groups in total. The normalized spacial score (nSPS) is 28.9. The fourth-order valence-corrected chi connectivity index (χ4v) is 1.63. The van der Waals surface area contributed by atoms with Crippen molar-refractivity contribution < 1.29 is 10.2 Å². The van der Waals surface area contributed by atoms with E-state index in [2.05, 4.69) is 0 Å². The summed E-state index contributed by atoms with van der Waals surface area (Å²) in [6.07, 6.45) is 9.12. The standard InChI is InChI=1S/C12H16N4O2/c13-11(14)3-1-7(5-9(11)17)8-2-4-12(15,16)10(18)6-8/h1-6,17-18H,13-16H2. The van der Waals surface area contributed by atoms with Gasteiger partial charge in [0.05, 0.1) is 0 Å². The number of allylic oxidation sites excluding steroid dienone is 6. The van der Waals surface area contributed by atoms with Gasteiger partial charge < -0.3 is 33.1 Å². The van der Waals surface area contributed by atoms with Gasteiger partial charge in [-0.05, 0) is 35.5 Å². The highest BCUT2D eigenvalue weighted by Crippen LogP contribution is 2.26. The molecule has 2 aliphatic rings. The van der Waals surface area contributed by atoms with Crippen LogP contribution in [-0.4, -0.2) is 21.5 Å². The van der Waals surface area contributed by atoms with Crippen LogP contribution >= 0.6 is 0 Å². The Morgan fingerprint density at radius 2 is 1.06 bits per heavy atom. The predicted molar refractivity (Wildman–Crippen MR) is 68.9 cm³/mol. The third kappa shape index (κ3) is 2.09. The Balaban J connectivity index is 2.43. The lowest BCUT2D eigenvalue weighted by atomic mass is 9.92. The second-order valence-electron chi connectivity index (χ2n) is 4.50. The van der Waals surface area contributed by atoms with Crippen molar-refractivity contribution in [3.8, 4) is 0 Å². The molecule has 0 aromatic heterocycles. The minimum absolute atomic E-state index is 0.161. The van der Waals surface area contributed by atoms with Crippen LogP contribution in [0.4, 0.5) is 0 Å². The molecule has 0 amide bonds. The Morgan fingerprint density at radius 3 is 1.33 bits per heavy atom. The zero-order valence-electron chi connectivity index (χ0n) is 9.67. The first-order valence-electron chi connectivity index (χ1n) is 5.33. The van der Waals surface area contributed by atoms with Crippen molar-refractivity contribution in [3.63, 3.8) is 0 Å². The first-order chi connectivity index (χ1) is 8.22. The zero-order chi connectivity index (χ0) is 13.6. The molecule has 96 valence electrons. The molecule has 0 unspecified atom stereocenters. The molecule has 0 fully saturated rings. The van der Waals surface area contributed by atoms with Gasteiger partial charge in [0.15, 0.2) is 0 Å². The van der Waals surface area contributed by atoms with Gasteiger partial charge in [-0.3, -0.25) is 0 Å². The minimum atomic E-state index is -1.36. The maximum atomic E-state index is 9.68. The molecule has 0 aromatic rings. The summed E-state index contributed by atoms with van der Waals surface area (Å²) in [4.78, 5) is 0. The predicted octanol–water partition coefficient (Wildman–Crippen LogP) is -0.466. The summed E-state index contributed by atoms with van der Waals surface area (Å²) in [7, 11) is 0. The molecule has 18 heavy (non-hydrogen) atoms. The number of rotatable bonds is 0. The highest BCUT2D eigenvalue weighted by molar-refractivity contribution is 5.54. The van der Waals surface area contributed by atoms with E-state index in [0.717, 1.165) is 0 Å². The van der Waals surface area contributed by atoms with Crippen molar-refractivity contribution in [1.29, 1.82) is 0 Å². The molecule has 0 heterocycles. The number of hydrogen-bond acceptors (Lipinski definition) is 6. The van der Waals surface area contributed by atoms with Crippen LogP contribution in [0.2, 0.25) is 0 Å². The van der Waals surface area contributed by atoms with E-state index < -0.39 is 11.3 Å². The van der Waals surface area contributed by atoms with E-state index in [0.29, 0.717) is 11.1 Å². The van der Waals surface area contributed by atoms with E-state index in [1.807, 2.05) is 0 Å². The maximum Gasteiger partial charge on any atom is 0.142 e. The summed E-state index contributed by atoms with van der Waals surface area (Å²) in [6, 6.07) is 0. The lowest BCUT2D eigenvalue weighted by Gasteiger charge is -2.26. The highest BCUT2D eigenvalue weighted by atomic mass is 16.3. The number of nitrogens with two attached hydrogens (primary N) is 4. The molecular weight excluding hydrogens is 232 g/mol. The van der Waals surface area contributed by atoms with E-state index in [9.17, 15) is 10.2 Å². The molecule has 0 saturated carbocycles. The van der Waals surface area contributed by atoms with Crippen molar-refractivity contribution in [3.05, 3.63) is 59.1 Å². The smallest absolute Gasteiger partial charge is 0.142 e. The van der Waals surface area contributed by atoms with Gasteiger partial charge in [-0.1, -0.05) is 12.2 Å². The van der Waals surface area contributed by atoms with Crippen LogP contribution in [0.5, 0.6) is 0 Å². The quantitative estimate of drug-likeness (QED) is 0.320. The van der Waals surface area contributed by atoms with Gasteiger partial charge in [-0.15, -0.1) is 0 Å². The molecule has 0 aliphatic heterocycles. The van der Waals surface area contributed by atoms with Crippen molar-refractivity contribution in [2.45, 2.75) is 11.3 Å². The average molecular weight is 248 g/mol. The van der Waals surface area contributed by atoms with Crippen molar-refractivity contribution in [2.24, 2.45) is 22.9 Å². The molecule has 0 saturated heterocycles. The lowest BCUT2D eigenvalue weighted by molar-refractivity contribution is 0.329. The van der Waals surface area contributed by atoms with Crippen LogP contribution in [0.3, 0.4) is 0 Å². The van der Waals surface area contributed by atoms with Gasteiger partial charge in [0.1, 0.15) is 22.8 Å².